The van der Waals surface area contributed by atoms with Crippen molar-refractivity contribution in [1.82, 2.24) is 0 Å². The monoisotopic (exact) mass is 519 g/mol. The van der Waals surface area contributed by atoms with Crippen LogP contribution in [0.15, 0.2) is 88.3 Å². The Hall–Kier alpha value is -3.98. The number of rotatable bonds is 7. The lowest BCUT2D eigenvalue weighted by Crippen LogP contribution is -2.32. The van der Waals surface area contributed by atoms with Crippen molar-refractivity contribution in [3.05, 3.63) is 95.0 Å². The van der Waals surface area contributed by atoms with Crippen LogP contribution in [-0.2, 0) is 14.4 Å². The normalized spacial score (nSPS) is 16.0. The lowest BCUT2D eigenvalue weighted by Gasteiger charge is -2.15. The zero-order valence-electron chi connectivity index (χ0n) is 19.7. The van der Waals surface area contributed by atoms with Gasteiger partial charge in [0.15, 0.2) is 0 Å². The molecular weight excluding hydrogens is 496 g/mol. The number of nitrogens with one attached hydrogen (secondary N) is 2. The Morgan fingerprint density at radius 3 is 2.16 bits per heavy atom. The van der Waals surface area contributed by atoms with Crippen LogP contribution >= 0.6 is 11.8 Å². The highest BCUT2D eigenvalue weighted by atomic mass is 32.2. The van der Waals surface area contributed by atoms with Crippen LogP contribution in [0.3, 0.4) is 0 Å². The average molecular weight is 520 g/mol. The molecule has 2 N–H and O–H groups in total. The van der Waals surface area contributed by atoms with Gasteiger partial charge in [-0.25, -0.2) is 13.7 Å². The van der Waals surface area contributed by atoms with Crippen molar-refractivity contribution in [2.24, 2.45) is 5.92 Å². The predicted molar refractivity (Wildman–Crippen MR) is 139 cm³/mol. The molecule has 2 aliphatic rings. The number of carbonyl (C=O) groups excluding carboxylic acids is 3. The molecule has 3 aromatic rings. The Morgan fingerprint density at radius 2 is 1.49 bits per heavy atom. The molecule has 0 spiro atoms. The van der Waals surface area contributed by atoms with Gasteiger partial charge in [-0.1, -0.05) is 30.7 Å². The van der Waals surface area contributed by atoms with E-state index >= 15 is 0 Å². The van der Waals surface area contributed by atoms with E-state index in [0.717, 1.165) is 42.3 Å². The highest BCUT2D eigenvalue weighted by Crippen LogP contribution is 2.38. The second-order valence-corrected chi connectivity index (χ2v) is 9.94. The summed E-state index contributed by atoms with van der Waals surface area (Å²) in [6.07, 6.45) is 3.85. The molecule has 0 saturated heterocycles. The van der Waals surface area contributed by atoms with E-state index in [1.807, 2.05) is 0 Å². The van der Waals surface area contributed by atoms with Crippen LogP contribution < -0.4 is 15.5 Å². The summed E-state index contributed by atoms with van der Waals surface area (Å²) in [6, 6.07) is 17.5. The van der Waals surface area contributed by atoms with Gasteiger partial charge in [0.25, 0.3) is 11.8 Å². The predicted octanol–water partition coefficient (Wildman–Crippen LogP) is 6.08. The molecule has 1 fully saturated rings. The number of hydrogen-bond donors (Lipinski definition) is 2. The lowest BCUT2D eigenvalue weighted by atomic mass is 10.1. The smallest absolute Gasteiger partial charge is 0.283 e. The molecule has 0 radical (unpaired) electrons. The summed E-state index contributed by atoms with van der Waals surface area (Å²) in [5.41, 5.74) is 1.27. The number of carbonyl (C=O) groups is 3. The average Bonchev–Trinajstić information content (AvgIpc) is 3.50. The highest BCUT2D eigenvalue weighted by molar-refractivity contribution is 8.04. The SMILES string of the molecule is O=C(Nc1cccc(SC2=C(Nc3ccc(F)cc3)C(=O)N(c3ccc(F)cc3)C2=O)c1)C1CCCC1. The second-order valence-electron chi connectivity index (χ2n) is 8.86. The third-order valence-corrected chi connectivity index (χ3v) is 7.36. The molecule has 37 heavy (non-hydrogen) atoms. The number of hydrogen-bond acceptors (Lipinski definition) is 5. The Labute approximate surface area is 216 Å². The molecule has 0 bridgehead atoms. The minimum Gasteiger partial charge on any atom is -0.350 e. The van der Waals surface area contributed by atoms with Crippen molar-refractivity contribution in [1.29, 1.82) is 0 Å². The molecule has 0 unspecified atom stereocenters. The summed E-state index contributed by atoms with van der Waals surface area (Å²) in [4.78, 5) is 41.1. The standard InChI is InChI=1S/C28H23F2N3O3S/c29-18-8-12-20(13-9-18)31-24-25(28(36)33(27(24)35)22-14-10-19(30)11-15-22)37-23-7-3-6-21(16-23)32-26(34)17-4-1-2-5-17/h3,6-17,31H,1-2,4-5H2,(H,32,34). The van der Waals surface area contributed by atoms with Gasteiger partial charge in [0.2, 0.25) is 5.91 Å². The Bertz CT molecular complexity index is 1380. The molecule has 0 aromatic heterocycles. The van der Waals surface area contributed by atoms with E-state index < -0.39 is 23.4 Å². The highest BCUT2D eigenvalue weighted by Gasteiger charge is 2.40. The first-order valence-corrected chi connectivity index (χ1v) is 12.7. The van der Waals surface area contributed by atoms with Crippen molar-refractivity contribution in [2.75, 3.05) is 15.5 Å². The van der Waals surface area contributed by atoms with Crippen molar-refractivity contribution in [2.45, 2.75) is 30.6 Å². The Kier molecular flexibility index (Phi) is 7.05. The fraction of sp³-hybridized carbons (Fsp3) is 0.179. The third kappa shape index (κ3) is 5.41. The number of amides is 3. The van der Waals surface area contributed by atoms with Crippen LogP contribution in [0.25, 0.3) is 0 Å². The number of anilines is 3. The molecule has 1 aliphatic heterocycles. The fourth-order valence-corrected chi connectivity index (χ4v) is 5.39. The van der Waals surface area contributed by atoms with E-state index in [-0.39, 0.29) is 28.1 Å². The topological polar surface area (TPSA) is 78.5 Å². The second kappa shape index (κ2) is 10.6. The van der Waals surface area contributed by atoms with Crippen molar-refractivity contribution < 1.29 is 23.2 Å². The van der Waals surface area contributed by atoms with Crippen LogP contribution in [0.2, 0.25) is 0 Å². The van der Waals surface area contributed by atoms with Gasteiger partial charge in [-0.15, -0.1) is 0 Å². The molecule has 3 aromatic carbocycles. The largest absolute Gasteiger partial charge is 0.350 e. The number of halogens is 2. The minimum absolute atomic E-state index is 0.00354. The maximum atomic E-state index is 13.5. The Morgan fingerprint density at radius 1 is 0.838 bits per heavy atom. The third-order valence-electron chi connectivity index (χ3n) is 6.29. The summed E-state index contributed by atoms with van der Waals surface area (Å²) in [6.45, 7) is 0. The van der Waals surface area contributed by atoms with Gasteiger partial charge in [0, 0.05) is 22.2 Å². The molecular formula is C28H23F2N3O3S. The molecule has 6 nitrogen and oxygen atoms in total. The van der Waals surface area contributed by atoms with E-state index in [2.05, 4.69) is 10.6 Å². The first-order valence-electron chi connectivity index (χ1n) is 11.9. The molecule has 188 valence electrons. The molecule has 5 rings (SSSR count). The van der Waals surface area contributed by atoms with Crippen LogP contribution in [0.1, 0.15) is 25.7 Å². The van der Waals surface area contributed by atoms with Gasteiger partial charge in [-0.2, -0.15) is 0 Å². The summed E-state index contributed by atoms with van der Waals surface area (Å²) < 4.78 is 26.9. The molecule has 9 heteroatoms. The zero-order valence-corrected chi connectivity index (χ0v) is 20.5. The first-order chi connectivity index (χ1) is 17.9. The minimum atomic E-state index is -0.617. The van der Waals surface area contributed by atoms with Crippen LogP contribution in [0.4, 0.5) is 25.8 Å². The molecule has 1 aliphatic carbocycles. The molecule has 3 amide bonds. The lowest BCUT2D eigenvalue weighted by molar-refractivity contribution is -0.121. The van der Waals surface area contributed by atoms with E-state index in [1.54, 1.807) is 24.3 Å². The van der Waals surface area contributed by atoms with Crippen molar-refractivity contribution >= 4 is 46.5 Å². The number of imide groups is 1. The van der Waals surface area contributed by atoms with Crippen LogP contribution in [0.5, 0.6) is 0 Å². The van der Waals surface area contributed by atoms with Gasteiger partial charge in [0.1, 0.15) is 22.2 Å². The van der Waals surface area contributed by atoms with Crippen molar-refractivity contribution in [3.63, 3.8) is 0 Å². The summed E-state index contributed by atoms with van der Waals surface area (Å²) in [5, 5.41) is 5.90. The maximum absolute atomic E-state index is 13.5. The van der Waals surface area contributed by atoms with E-state index in [9.17, 15) is 23.2 Å². The summed E-state index contributed by atoms with van der Waals surface area (Å²) in [7, 11) is 0. The van der Waals surface area contributed by atoms with Gasteiger partial charge in [-0.05, 0) is 79.6 Å². The van der Waals surface area contributed by atoms with Crippen molar-refractivity contribution in [3.8, 4) is 0 Å². The fourth-order valence-electron chi connectivity index (χ4n) is 4.40. The van der Waals surface area contributed by atoms with E-state index in [1.165, 1.54) is 48.5 Å². The molecule has 1 heterocycles. The number of benzene rings is 3. The van der Waals surface area contributed by atoms with Crippen LogP contribution in [-0.4, -0.2) is 17.7 Å². The van der Waals surface area contributed by atoms with Crippen LogP contribution in [0, 0.1) is 17.6 Å². The van der Waals surface area contributed by atoms with Gasteiger partial charge in [0.05, 0.1) is 5.69 Å². The van der Waals surface area contributed by atoms with Gasteiger partial charge in [-0.3, -0.25) is 14.4 Å². The van der Waals surface area contributed by atoms with E-state index in [0.29, 0.717) is 16.3 Å². The quantitative estimate of drug-likeness (QED) is 0.370. The summed E-state index contributed by atoms with van der Waals surface area (Å²) in [5.74, 6) is -2.14. The van der Waals surface area contributed by atoms with Gasteiger partial charge >= 0.3 is 0 Å². The maximum Gasteiger partial charge on any atom is 0.283 e. The zero-order chi connectivity index (χ0) is 25.9. The molecule has 1 saturated carbocycles. The van der Waals surface area contributed by atoms with Gasteiger partial charge < -0.3 is 10.6 Å². The number of thioether (sulfide) groups is 1. The number of nitrogens with zero attached hydrogens (tertiary/aromatic N) is 1. The summed E-state index contributed by atoms with van der Waals surface area (Å²) >= 11 is 1.07. The first kappa shape index (κ1) is 24.7. The van der Waals surface area contributed by atoms with E-state index in [4.69, 9.17) is 0 Å². The molecule has 0 atom stereocenters. The Balaban J connectivity index is 1.44.